The highest BCUT2D eigenvalue weighted by Gasteiger charge is 2.21. The van der Waals surface area contributed by atoms with Gasteiger partial charge in [-0.15, -0.1) is 0 Å². The molecular weight excluding hydrogens is 216 g/mol. The van der Waals surface area contributed by atoms with E-state index < -0.39 is 12.0 Å². The fourth-order valence-electron chi connectivity index (χ4n) is 1.99. The third-order valence-corrected chi connectivity index (χ3v) is 2.88. The van der Waals surface area contributed by atoms with Gasteiger partial charge in [-0.2, -0.15) is 0 Å². The molecule has 0 fully saturated rings. The molecule has 4 nitrogen and oxygen atoms in total. The van der Waals surface area contributed by atoms with Crippen LogP contribution in [0.4, 0.5) is 0 Å². The van der Waals surface area contributed by atoms with Crippen LogP contribution in [0.5, 0.6) is 0 Å². The first-order chi connectivity index (χ1) is 8.02. The second kappa shape index (κ2) is 4.20. The molecule has 0 unspecified atom stereocenters. The molecule has 0 aliphatic heterocycles. The number of benzene rings is 1. The normalized spacial score (nSPS) is 13.2. The Balaban J connectivity index is 2.72. The lowest BCUT2D eigenvalue weighted by atomic mass is 10.2. The lowest BCUT2D eigenvalue weighted by Crippen LogP contribution is -2.18. The van der Waals surface area contributed by atoms with E-state index in [4.69, 9.17) is 0 Å². The van der Waals surface area contributed by atoms with Crippen molar-refractivity contribution in [2.24, 2.45) is 0 Å². The molecule has 2 aromatic rings. The highest BCUT2D eigenvalue weighted by Crippen LogP contribution is 2.25. The molecule has 0 aliphatic carbocycles. The minimum absolute atomic E-state index is 0.198. The van der Waals surface area contributed by atoms with Gasteiger partial charge in [0, 0.05) is 5.92 Å². The van der Waals surface area contributed by atoms with Gasteiger partial charge in [0.2, 0.25) is 0 Å². The monoisotopic (exact) mass is 232 g/mol. The number of carbonyl (C=O) groups is 1. The van der Waals surface area contributed by atoms with Gasteiger partial charge in [-0.1, -0.05) is 26.0 Å². The molecule has 0 aliphatic rings. The summed E-state index contributed by atoms with van der Waals surface area (Å²) < 4.78 is 1.81. The van der Waals surface area contributed by atoms with Crippen molar-refractivity contribution in [3.63, 3.8) is 0 Å². The summed E-state index contributed by atoms with van der Waals surface area (Å²) in [6.45, 7) is 5.72. The standard InChI is InChI=1S/C13H16N2O2/c1-8(2)12-14-10-6-4-5-7-11(10)15(12)9(3)13(16)17/h4-9H,1-3H3,(H,16,17)/t9-/m1/s1. The SMILES string of the molecule is CC(C)c1nc2ccccc2n1[C@H](C)C(=O)O. The van der Waals surface area contributed by atoms with Crippen LogP contribution in [-0.4, -0.2) is 20.6 Å². The number of hydrogen-bond acceptors (Lipinski definition) is 2. The summed E-state index contributed by atoms with van der Waals surface area (Å²) in [6, 6.07) is 7.04. The van der Waals surface area contributed by atoms with Crippen LogP contribution in [0.3, 0.4) is 0 Å². The second-order valence-electron chi connectivity index (χ2n) is 4.50. The molecule has 1 atom stereocenters. The van der Waals surface area contributed by atoms with Gasteiger partial charge in [-0.25, -0.2) is 9.78 Å². The van der Waals surface area contributed by atoms with Crippen LogP contribution >= 0.6 is 0 Å². The molecule has 0 saturated heterocycles. The number of aliphatic carboxylic acids is 1. The molecule has 17 heavy (non-hydrogen) atoms. The van der Waals surface area contributed by atoms with Crippen LogP contribution in [0.1, 0.15) is 38.6 Å². The number of fused-ring (bicyclic) bond motifs is 1. The summed E-state index contributed by atoms with van der Waals surface area (Å²) in [7, 11) is 0. The maximum atomic E-state index is 11.2. The maximum absolute atomic E-state index is 11.2. The van der Waals surface area contributed by atoms with Crippen LogP contribution in [-0.2, 0) is 4.79 Å². The molecule has 0 amide bonds. The van der Waals surface area contributed by atoms with Crippen molar-refractivity contribution < 1.29 is 9.90 Å². The van der Waals surface area contributed by atoms with E-state index >= 15 is 0 Å². The van der Waals surface area contributed by atoms with Crippen LogP contribution in [0.2, 0.25) is 0 Å². The minimum Gasteiger partial charge on any atom is -0.480 e. The Morgan fingerprint density at radius 1 is 1.29 bits per heavy atom. The van der Waals surface area contributed by atoms with E-state index in [1.54, 1.807) is 6.92 Å². The number of imidazole rings is 1. The topological polar surface area (TPSA) is 55.1 Å². The van der Waals surface area contributed by atoms with Crippen LogP contribution < -0.4 is 0 Å². The largest absolute Gasteiger partial charge is 0.480 e. The van der Waals surface area contributed by atoms with Crippen molar-refractivity contribution in [1.29, 1.82) is 0 Å². The Kier molecular flexibility index (Phi) is 2.88. The van der Waals surface area contributed by atoms with Gasteiger partial charge in [0.1, 0.15) is 11.9 Å². The Morgan fingerprint density at radius 2 is 1.94 bits per heavy atom. The van der Waals surface area contributed by atoms with E-state index in [0.29, 0.717) is 0 Å². The smallest absolute Gasteiger partial charge is 0.326 e. The number of para-hydroxylation sites is 2. The summed E-state index contributed by atoms with van der Waals surface area (Å²) in [5.74, 6) is 0.181. The summed E-state index contributed by atoms with van der Waals surface area (Å²) >= 11 is 0. The second-order valence-corrected chi connectivity index (χ2v) is 4.50. The molecule has 90 valence electrons. The summed E-state index contributed by atoms with van der Waals surface area (Å²) in [6.07, 6.45) is 0. The zero-order valence-corrected chi connectivity index (χ0v) is 10.2. The van der Waals surface area contributed by atoms with Gasteiger partial charge in [-0.05, 0) is 19.1 Å². The number of rotatable bonds is 3. The molecule has 4 heteroatoms. The molecular formula is C13H16N2O2. The molecule has 2 rings (SSSR count). The molecule has 0 radical (unpaired) electrons. The first-order valence-corrected chi connectivity index (χ1v) is 5.72. The van der Waals surface area contributed by atoms with E-state index in [0.717, 1.165) is 16.9 Å². The average Bonchev–Trinajstić information content (AvgIpc) is 2.67. The van der Waals surface area contributed by atoms with Crippen LogP contribution in [0.15, 0.2) is 24.3 Å². The van der Waals surface area contributed by atoms with Gasteiger partial charge in [0.25, 0.3) is 0 Å². The third-order valence-electron chi connectivity index (χ3n) is 2.88. The van der Waals surface area contributed by atoms with Crippen molar-refractivity contribution >= 4 is 17.0 Å². The predicted octanol–water partition coefficient (Wildman–Crippen LogP) is 2.81. The summed E-state index contributed by atoms with van der Waals surface area (Å²) in [5, 5.41) is 9.17. The molecule has 1 heterocycles. The quantitative estimate of drug-likeness (QED) is 0.885. The lowest BCUT2D eigenvalue weighted by Gasteiger charge is -2.15. The highest BCUT2D eigenvalue weighted by molar-refractivity contribution is 5.80. The lowest BCUT2D eigenvalue weighted by molar-refractivity contribution is -0.140. The van der Waals surface area contributed by atoms with Crippen molar-refractivity contribution in [2.45, 2.75) is 32.7 Å². The van der Waals surface area contributed by atoms with E-state index in [1.165, 1.54) is 0 Å². The van der Waals surface area contributed by atoms with Gasteiger partial charge < -0.3 is 9.67 Å². The summed E-state index contributed by atoms with van der Waals surface area (Å²) in [4.78, 5) is 15.7. The zero-order chi connectivity index (χ0) is 12.6. The first kappa shape index (κ1) is 11.6. The van der Waals surface area contributed by atoms with Gasteiger partial charge in [0.15, 0.2) is 0 Å². The van der Waals surface area contributed by atoms with Crippen molar-refractivity contribution in [1.82, 2.24) is 9.55 Å². The number of carboxylic acids is 1. The predicted molar refractivity (Wildman–Crippen MR) is 66.2 cm³/mol. The van der Waals surface area contributed by atoms with Crippen molar-refractivity contribution in [3.8, 4) is 0 Å². The van der Waals surface area contributed by atoms with Gasteiger partial charge in [-0.3, -0.25) is 0 Å². The highest BCUT2D eigenvalue weighted by atomic mass is 16.4. The molecule has 0 saturated carbocycles. The minimum atomic E-state index is -0.838. The maximum Gasteiger partial charge on any atom is 0.326 e. The van der Waals surface area contributed by atoms with Gasteiger partial charge >= 0.3 is 5.97 Å². The molecule has 1 aromatic heterocycles. The first-order valence-electron chi connectivity index (χ1n) is 5.72. The summed E-state index contributed by atoms with van der Waals surface area (Å²) in [5.41, 5.74) is 1.73. The van der Waals surface area contributed by atoms with Crippen LogP contribution in [0.25, 0.3) is 11.0 Å². The third kappa shape index (κ3) is 1.90. The number of aromatic nitrogens is 2. The van der Waals surface area contributed by atoms with Crippen molar-refractivity contribution in [2.75, 3.05) is 0 Å². The van der Waals surface area contributed by atoms with E-state index in [-0.39, 0.29) is 5.92 Å². The molecule has 0 spiro atoms. The fraction of sp³-hybridized carbons (Fsp3) is 0.385. The Morgan fingerprint density at radius 3 is 2.53 bits per heavy atom. The van der Waals surface area contributed by atoms with Crippen molar-refractivity contribution in [3.05, 3.63) is 30.1 Å². The van der Waals surface area contributed by atoms with E-state index in [1.807, 2.05) is 42.7 Å². The van der Waals surface area contributed by atoms with E-state index in [9.17, 15) is 9.90 Å². The molecule has 0 bridgehead atoms. The molecule has 1 N–H and O–H groups in total. The Hall–Kier alpha value is -1.84. The number of nitrogens with zero attached hydrogens (tertiary/aromatic N) is 2. The number of carboxylic acid groups (broad SMARTS) is 1. The Bertz CT molecular complexity index is 558. The molecule has 1 aromatic carbocycles. The fourth-order valence-corrected chi connectivity index (χ4v) is 1.99. The van der Waals surface area contributed by atoms with Crippen LogP contribution in [0, 0.1) is 0 Å². The van der Waals surface area contributed by atoms with Gasteiger partial charge in [0.05, 0.1) is 11.0 Å². The average molecular weight is 232 g/mol. The number of hydrogen-bond donors (Lipinski definition) is 1. The zero-order valence-electron chi connectivity index (χ0n) is 10.2. The Labute approximate surface area is 99.9 Å². The van der Waals surface area contributed by atoms with E-state index in [2.05, 4.69) is 4.98 Å².